The molecule has 0 amide bonds. The van der Waals surface area contributed by atoms with Crippen molar-refractivity contribution in [1.29, 1.82) is 0 Å². The van der Waals surface area contributed by atoms with Crippen LogP contribution in [-0.2, 0) is 4.79 Å². The van der Waals surface area contributed by atoms with Gasteiger partial charge in [0.1, 0.15) is 0 Å². The number of carboxylic acid groups (broad SMARTS) is 1. The standard InChI is InChI=1S/C18H34O2S/c1-3-4-5-6-7-8-9-10-11-12-15-21-16-13-14-17(2)18(19)20/h14H,3-13,15-16H2,1-2H3,(H,19,20)/b17-14+. The van der Waals surface area contributed by atoms with Gasteiger partial charge >= 0.3 is 5.97 Å². The van der Waals surface area contributed by atoms with Gasteiger partial charge in [0.15, 0.2) is 0 Å². The molecule has 1 N–H and O–H groups in total. The molecule has 0 spiro atoms. The van der Waals surface area contributed by atoms with Crippen molar-refractivity contribution >= 4 is 17.7 Å². The summed E-state index contributed by atoms with van der Waals surface area (Å²) in [4.78, 5) is 10.6. The zero-order valence-electron chi connectivity index (χ0n) is 14.0. The fourth-order valence-corrected chi connectivity index (χ4v) is 3.14. The van der Waals surface area contributed by atoms with Crippen molar-refractivity contribution < 1.29 is 9.90 Å². The lowest BCUT2D eigenvalue weighted by atomic mass is 10.1. The molecule has 0 aliphatic rings. The summed E-state index contributed by atoms with van der Waals surface area (Å²) in [6.07, 6.45) is 16.6. The van der Waals surface area contributed by atoms with Crippen molar-refractivity contribution in [1.82, 2.24) is 0 Å². The van der Waals surface area contributed by atoms with E-state index < -0.39 is 5.97 Å². The van der Waals surface area contributed by atoms with Crippen LogP contribution in [0.4, 0.5) is 0 Å². The Morgan fingerprint density at radius 3 is 1.95 bits per heavy atom. The number of rotatable bonds is 15. The van der Waals surface area contributed by atoms with Crippen LogP contribution in [0.1, 0.15) is 84.5 Å². The molecule has 3 heteroatoms. The zero-order chi connectivity index (χ0) is 15.8. The van der Waals surface area contributed by atoms with Crippen LogP contribution in [0.3, 0.4) is 0 Å². The molecular weight excluding hydrogens is 280 g/mol. The molecule has 2 nitrogen and oxygen atoms in total. The summed E-state index contributed by atoms with van der Waals surface area (Å²) in [7, 11) is 0. The first-order valence-electron chi connectivity index (χ1n) is 8.66. The molecule has 0 aliphatic carbocycles. The van der Waals surface area contributed by atoms with Gasteiger partial charge < -0.3 is 5.11 Å². The maximum Gasteiger partial charge on any atom is 0.330 e. The number of unbranched alkanes of at least 4 members (excludes halogenated alkanes) is 9. The molecule has 0 aliphatic heterocycles. The predicted octanol–water partition coefficient (Wildman–Crippen LogP) is 6.06. The summed E-state index contributed by atoms with van der Waals surface area (Å²) in [5.74, 6) is 1.47. The van der Waals surface area contributed by atoms with Crippen LogP contribution in [0, 0.1) is 0 Å². The van der Waals surface area contributed by atoms with E-state index in [0.717, 1.165) is 12.2 Å². The largest absolute Gasteiger partial charge is 0.478 e. The molecule has 124 valence electrons. The minimum Gasteiger partial charge on any atom is -0.478 e. The second-order valence-electron chi connectivity index (χ2n) is 5.78. The van der Waals surface area contributed by atoms with Gasteiger partial charge in [-0.3, -0.25) is 0 Å². The summed E-state index contributed by atoms with van der Waals surface area (Å²) in [5.41, 5.74) is 0.467. The van der Waals surface area contributed by atoms with E-state index >= 15 is 0 Å². The average molecular weight is 315 g/mol. The smallest absolute Gasteiger partial charge is 0.330 e. The molecule has 0 aromatic heterocycles. The minimum atomic E-state index is -0.797. The van der Waals surface area contributed by atoms with E-state index in [4.69, 9.17) is 5.11 Å². The zero-order valence-corrected chi connectivity index (χ0v) is 14.8. The van der Waals surface area contributed by atoms with Crippen molar-refractivity contribution in [3.05, 3.63) is 11.6 Å². The van der Waals surface area contributed by atoms with E-state index in [0.29, 0.717) is 5.57 Å². The van der Waals surface area contributed by atoms with Gasteiger partial charge in [-0.1, -0.05) is 70.8 Å². The van der Waals surface area contributed by atoms with Crippen LogP contribution < -0.4 is 0 Å². The minimum absolute atomic E-state index is 0.467. The topological polar surface area (TPSA) is 37.3 Å². The van der Waals surface area contributed by atoms with Crippen LogP contribution in [0.25, 0.3) is 0 Å². The number of carbonyl (C=O) groups is 1. The lowest BCUT2D eigenvalue weighted by molar-refractivity contribution is -0.132. The Kier molecular flexibility index (Phi) is 15.6. The molecule has 0 saturated carbocycles. The molecule has 0 unspecified atom stereocenters. The monoisotopic (exact) mass is 314 g/mol. The molecule has 0 heterocycles. The van der Waals surface area contributed by atoms with Crippen molar-refractivity contribution in [3.8, 4) is 0 Å². The van der Waals surface area contributed by atoms with Gasteiger partial charge in [-0.05, 0) is 31.3 Å². The highest BCUT2D eigenvalue weighted by molar-refractivity contribution is 7.99. The first-order chi connectivity index (χ1) is 10.2. The number of carboxylic acids is 1. The molecule has 0 rings (SSSR count). The van der Waals surface area contributed by atoms with Gasteiger partial charge in [0, 0.05) is 5.57 Å². The fourth-order valence-electron chi connectivity index (χ4n) is 2.24. The van der Waals surface area contributed by atoms with Crippen molar-refractivity contribution in [2.24, 2.45) is 0 Å². The lowest BCUT2D eigenvalue weighted by Gasteiger charge is -2.02. The summed E-state index contributed by atoms with van der Waals surface area (Å²) < 4.78 is 0. The Labute approximate surface area is 135 Å². The van der Waals surface area contributed by atoms with Gasteiger partial charge in [-0.15, -0.1) is 0 Å². The summed E-state index contributed by atoms with van der Waals surface area (Å²) in [5, 5.41) is 8.71. The molecule has 0 bridgehead atoms. The van der Waals surface area contributed by atoms with Gasteiger partial charge in [-0.25, -0.2) is 4.79 Å². The van der Waals surface area contributed by atoms with Crippen molar-refractivity contribution in [2.45, 2.75) is 84.5 Å². The van der Waals surface area contributed by atoms with Gasteiger partial charge in [0.25, 0.3) is 0 Å². The number of allylic oxidation sites excluding steroid dienone is 1. The molecule has 21 heavy (non-hydrogen) atoms. The van der Waals surface area contributed by atoms with Crippen molar-refractivity contribution in [3.63, 3.8) is 0 Å². The third kappa shape index (κ3) is 15.8. The second kappa shape index (κ2) is 15.9. The maximum atomic E-state index is 10.6. The van der Waals surface area contributed by atoms with Crippen LogP contribution in [0.5, 0.6) is 0 Å². The predicted molar refractivity (Wildman–Crippen MR) is 95.2 cm³/mol. The summed E-state index contributed by atoms with van der Waals surface area (Å²) in [6, 6.07) is 0. The normalized spacial score (nSPS) is 11.8. The lowest BCUT2D eigenvalue weighted by Crippen LogP contribution is -1.96. The average Bonchev–Trinajstić information content (AvgIpc) is 2.47. The molecule has 0 fully saturated rings. The highest BCUT2D eigenvalue weighted by Crippen LogP contribution is 2.13. The van der Waals surface area contributed by atoms with Gasteiger partial charge in [0.05, 0.1) is 0 Å². The maximum absolute atomic E-state index is 10.6. The number of thioether (sulfide) groups is 1. The van der Waals surface area contributed by atoms with Crippen LogP contribution in [0.15, 0.2) is 11.6 Å². The Balaban J connectivity index is 3.12. The summed E-state index contributed by atoms with van der Waals surface area (Å²) >= 11 is 1.95. The Hall–Kier alpha value is -0.440. The fraction of sp³-hybridized carbons (Fsp3) is 0.833. The molecule has 0 aromatic carbocycles. The van der Waals surface area contributed by atoms with Crippen LogP contribution in [0.2, 0.25) is 0 Å². The highest BCUT2D eigenvalue weighted by Gasteiger charge is 1.98. The third-order valence-corrected chi connectivity index (χ3v) is 4.79. The molecule has 0 saturated heterocycles. The number of hydrogen-bond acceptors (Lipinski definition) is 2. The van der Waals surface area contributed by atoms with Gasteiger partial charge in [0.2, 0.25) is 0 Å². The Morgan fingerprint density at radius 1 is 0.905 bits per heavy atom. The first kappa shape index (κ1) is 20.6. The van der Waals surface area contributed by atoms with E-state index in [2.05, 4.69) is 6.92 Å². The third-order valence-electron chi connectivity index (χ3n) is 3.69. The molecule has 0 radical (unpaired) electrons. The van der Waals surface area contributed by atoms with E-state index in [9.17, 15) is 4.79 Å². The van der Waals surface area contributed by atoms with Crippen molar-refractivity contribution in [2.75, 3.05) is 11.5 Å². The Bertz CT molecular complexity index is 274. The molecule has 0 atom stereocenters. The molecular formula is C18H34O2S. The quantitative estimate of drug-likeness (QED) is 0.295. The second-order valence-corrected chi connectivity index (χ2v) is 7.00. The molecule has 0 aromatic rings. The number of hydrogen-bond donors (Lipinski definition) is 1. The van der Waals surface area contributed by atoms with Gasteiger partial charge in [-0.2, -0.15) is 11.8 Å². The van der Waals surface area contributed by atoms with E-state index in [1.54, 1.807) is 6.92 Å². The first-order valence-corrected chi connectivity index (χ1v) is 9.81. The van der Waals surface area contributed by atoms with E-state index in [1.807, 2.05) is 17.8 Å². The van der Waals surface area contributed by atoms with Crippen LogP contribution in [-0.4, -0.2) is 22.6 Å². The SMILES string of the molecule is CCCCCCCCCCCCSCC/C=C(\C)C(=O)O. The number of aliphatic carboxylic acids is 1. The highest BCUT2D eigenvalue weighted by atomic mass is 32.2. The van der Waals surface area contributed by atoms with E-state index in [1.165, 1.54) is 70.0 Å². The van der Waals surface area contributed by atoms with Crippen LogP contribution >= 0.6 is 11.8 Å². The summed E-state index contributed by atoms with van der Waals surface area (Å²) in [6.45, 7) is 3.93. The van der Waals surface area contributed by atoms with E-state index in [-0.39, 0.29) is 0 Å². The Morgan fingerprint density at radius 2 is 1.43 bits per heavy atom.